The largest absolute Gasteiger partial charge is 0.308 e. The molecule has 1 aromatic heterocycles. The van der Waals surface area contributed by atoms with Crippen molar-refractivity contribution in [2.75, 3.05) is 0 Å². The summed E-state index contributed by atoms with van der Waals surface area (Å²) in [4.78, 5) is 0. The molecule has 0 amide bonds. The molecule has 0 unspecified atom stereocenters. The van der Waals surface area contributed by atoms with Crippen molar-refractivity contribution in [2.45, 2.75) is 51.6 Å². The van der Waals surface area contributed by atoms with E-state index in [4.69, 9.17) is 0 Å². The maximum atomic E-state index is 4.31. The van der Waals surface area contributed by atoms with E-state index in [1.807, 2.05) is 18.2 Å². The predicted molar refractivity (Wildman–Crippen MR) is 84.7 cm³/mol. The van der Waals surface area contributed by atoms with Crippen molar-refractivity contribution in [3.8, 4) is 11.3 Å². The van der Waals surface area contributed by atoms with Crippen LogP contribution in [0, 0.1) is 5.92 Å². The van der Waals surface area contributed by atoms with Crippen LogP contribution in [-0.2, 0) is 6.54 Å². The highest BCUT2D eigenvalue weighted by Crippen LogP contribution is 2.26. The van der Waals surface area contributed by atoms with Crippen molar-refractivity contribution in [2.24, 2.45) is 5.92 Å². The fourth-order valence-corrected chi connectivity index (χ4v) is 3.26. The van der Waals surface area contributed by atoms with Crippen LogP contribution in [0.5, 0.6) is 0 Å². The average molecular weight is 284 g/mol. The second-order valence-electron chi connectivity index (χ2n) is 6.05. The Bertz CT molecular complexity index is 543. The first-order valence-electron chi connectivity index (χ1n) is 8.03. The lowest BCUT2D eigenvalue weighted by Crippen LogP contribution is -2.34. The number of aromatic nitrogens is 3. The van der Waals surface area contributed by atoms with Crippen LogP contribution in [0.1, 0.15) is 44.7 Å². The van der Waals surface area contributed by atoms with Gasteiger partial charge in [0.1, 0.15) is 11.4 Å². The van der Waals surface area contributed by atoms with Crippen LogP contribution in [0.2, 0.25) is 0 Å². The maximum Gasteiger partial charge on any atom is 0.117 e. The first-order chi connectivity index (χ1) is 10.3. The van der Waals surface area contributed by atoms with Crippen molar-refractivity contribution in [1.82, 2.24) is 20.7 Å². The molecule has 1 aromatic carbocycles. The predicted octanol–water partition coefficient (Wildman–Crippen LogP) is 3.53. The fraction of sp³-hybridized carbons (Fsp3) is 0.529. The zero-order valence-electron chi connectivity index (χ0n) is 12.7. The highest BCUT2D eigenvalue weighted by molar-refractivity contribution is 5.60. The molecule has 2 aromatic rings. The maximum absolute atomic E-state index is 4.31. The lowest BCUT2D eigenvalue weighted by molar-refractivity contribution is 0.280. The number of nitrogens with zero attached hydrogens (tertiary/aromatic N) is 2. The van der Waals surface area contributed by atoms with E-state index < -0.39 is 0 Å². The Kier molecular flexibility index (Phi) is 4.65. The van der Waals surface area contributed by atoms with Crippen molar-refractivity contribution < 1.29 is 0 Å². The lowest BCUT2D eigenvalue weighted by atomic mass is 9.84. The lowest BCUT2D eigenvalue weighted by Gasteiger charge is -2.28. The molecule has 0 spiro atoms. The molecule has 0 saturated heterocycles. The van der Waals surface area contributed by atoms with Crippen LogP contribution in [-0.4, -0.2) is 21.5 Å². The Hall–Kier alpha value is -1.68. The standard InChI is InChI=1S/C17H24N4/c1-13(14-8-4-2-5-9-14)18-12-16-17(20-21-19-16)15-10-6-3-7-11-15/h3,6-7,10-11,13-14,18H,2,4-5,8-9,12H2,1H3,(H,19,20,21)/t13-/m0/s1. The normalized spacial score (nSPS) is 17.8. The number of hydrogen-bond donors (Lipinski definition) is 2. The van der Waals surface area contributed by atoms with E-state index in [1.54, 1.807) is 0 Å². The SMILES string of the molecule is C[C@H](NCc1n[nH]nc1-c1ccccc1)C1CCCCC1. The minimum absolute atomic E-state index is 0.547. The molecular weight excluding hydrogens is 260 g/mol. The van der Waals surface area contributed by atoms with E-state index in [1.165, 1.54) is 32.1 Å². The summed E-state index contributed by atoms with van der Waals surface area (Å²) in [5, 5.41) is 15.0. The van der Waals surface area contributed by atoms with Gasteiger partial charge in [-0.2, -0.15) is 15.4 Å². The van der Waals surface area contributed by atoms with Gasteiger partial charge < -0.3 is 5.32 Å². The second kappa shape index (κ2) is 6.85. The third kappa shape index (κ3) is 3.50. The van der Waals surface area contributed by atoms with Gasteiger partial charge in [-0.05, 0) is 25.7 Å². The smallest absolute Gasteiger partial charge is 0.117 e. The minimum Gasteiger partial charge on any atom is -0.308 e. The van der Waals surface area contributed by atoms with Gasteiger partial charge in [0.25, 0.3) is 0 Å². The summed E-state index contributed by atoms with van der Waals surface area (Å²) in [6.07, 6.45) is 6.90. The van der Waals surface area contributed by atoms with Gasteiger partial charge in [-0.15, -0.1) is 0 Å². The molecule has 4 nitrogen and oxygen atoms in total. The quantitative estimate of drug-likeness (QED) is 0.883. The number of benzene rings is 1. The second-order valence-corrected chi connectivity index (χ2v) is 6.05. The molecular formula is C17H24N4. The Labute approximate surface area is 126 Å². The van der Waals surface area contributed by atoms with Gasteiger partial charge in [-0.1, -0.05) is 49.6 Å². The summed E-state index contributed by atoms with van der Waals surface area (Å²) in [7, 11) is 0. The molecule has 0 aliphatic heterocycles. The number of H-pyrrole nitrogens is 1. The molecule has 1 fully saturated rings. The number of aromatic amines is 1. The van der Waals surface area contributed by atoms with Gasteiger partial charge >= 0.3 is 0 Å². The van der Waals surface area contributed by atoms with Crippen molar-refractivity contribution >= 4 is 0 Å². The summed E-state index contributed by atoms with van der Waals surface area (Å²) in [5.74, 6) is 0.811. The van der Waals surface area contributed by atoms with E-state index in [2.05, 4.69) is 39.8 Å². The molecule has 4 heteroatoms. The summed E-state index contributed by atoms with van der Waals surface area (Å²) in [5.41, 5.74) is 3.08. The Balaban J connectivity index is 1.62. The van der Waals surface area contributed by atoms with Gasteiger partial charge in [-0.25, -0.2) is 0 Å². The van der Waals surface area contributed by atoms with Gasteiger partial charge in [-0.3, -0.25) is 0 Å². The molecule has 112 valence electrons. The van der Waals surface area contributed by atoms with Gasteiger partial charge in [0.2, 0.25) is 0 Å². The van der Waals surface area contributed by atoms with Crippen LogP contribution < -0.4 is 5.32 Å². The summed E-state index contributed by atoms with van der Waals surface area (Å²) in [6, 6.07) is 10.8. The number of nitrogens with one attached hydrogen (secondary N) is 2. The number of hydrogen-bond acceptors (Lipinski definition) is 3. The number of rotatable bonds is 5. The summed E-state index contributed by atoms with van der Waals surface area (Å²) >= 11 is 0. The van der Waals surface area contributed by atoms with E-state index in [9.17, 15) is 0 Å². The molecule has 1 saturated carbocycles. The van der Waals surface area contributed by atoms with Crippen LogP contribution in [0.25, 0.3) is 11.3 Å². The fourth-order valence-electron chi connectivity index (χ4n) is 3.26. The molecule has 1 aliphatic carbocycles. The van der Waals surface area contributed by atoms with Crippen LogP contribution in [0.4, 0.5) is 0 Å². The molecule has 0 radical (unpaired) electrons. The van der Waals surface area contributed by atoms with Crippen molar-refractivity contribution in [3.63, 3.8) is 0 Å². The molecule has 21 heavy (non-hydrogen) atoms. The van der Waals surface area contributed by atoms with E-state index in [0.29, 0.717) is 6.04 Å². The minimum atomic E-state index is 0.547. The van der Waals surface area contributed by atoms with Crippen molar-refractivity contribution in [1.29, 1.82) is 0 Å². The Morgan fingerprint density at radius 2 is 1.90 bits per heavy atom. The topological polar surface area (TPSA) is 53.6 Å². The highest BCUT2D eigenvalue weighted by atomic mass is 15.3. The third-order valence-electron chi connectivity index (χ3n) is 4.62. The molecule has 3 rings (SSSR count). The average Bonchev–Trinajstić information content (AvgIpc) is 3.03. The summed E-state index contributed by atoms with van der Waals surface area (Å²) < 4.78 is 0. The van der Waals surface area contributed by atoms with Gasteiger partial charge in [0.15, 0.2) is 0 Å². The molecule has 2 N–H and O–H groups in total. The molecule has 1 aliphatic rings. The van der Waals surface area contributed by atoms with Crippen LogP contribution in [0.15, 0.2) is 30.3 Å². The van der Waals surface area contributed by atoms with E-state index in [-0.39, 0.29) is 0 Å². The van der Waals surface area contributed by atoms with Crippen molar-refractivity contribution in [3.05, 3.63) is 36.0 Å². The third-order valence-corrected chi connectivity index (χ3v) is 4.62. The zero-order valence-corrected chi connectivity index (χ0v) is 12.7. The van der Waals surface area contributed by atoms with Gasteiger partial charge in [0, 0.05) is 18.2 Å². The Morgan fingerprint density at radius 1 is 1.14 bits per heavy atom. The monoisotopic (exact) mass is 284 g/mol. The highest BCUT2D eigenvalue weighted by Gasteiger charge is 2.20. The molecule has 1 atom stereocenters. The first kappa shape index (κ1) is 14.3. The van der Waals surface area contributed by atoms with Crippen LogP contribution in [0.3, 0.4) is 0 Å². The summed E-state index contributed by atoms with van der Waals surface area (Å²) in [6.45, 7) is 3.08. The van der Waals surface area contributed by atoms with E-state index >= 15 is 0 Å². The van der Waals surface area contributed by atoms with E-state index in [0.717, 1.165) is 29.4 Å². The van der Waals surface area contributed by atoms with Crippen LogP contribution >= 0.6 is 0 Å². The first-order valence-corrected chi connectivity index (χ1v) is 8.03. The van der Waals surface area contributed by atoms with Gasteiger partial charge in [0.05, 0.1) is 0 Å². The molecule has 1 heterocycles. The Morgan fingerprint density at radius 3 is 2.67 bits per heavy atom. The zero-order chi connectivity index (χ0) is 14.5. The molecule has 0 bridgehead atoms.